The molecule has 0 unspecified atom stereocenters. The molecule has 88 valence electrons. The Morgan fingerprint density at radius 1 is 1.06 bits per heavy atom. The Balaban J connectivity index is 2.16. The zero-order chi connectivity index (χ0) is 12.3. The van der Waals surface area contributed by atoms with Crippen molar-refractivity contribution >= 4 is 15.9 Å². The van der Waals surface area contributed by atoms with Crippen molar-refractivity contribution in [1.29, 1.82) is 0 Å². The van der Waals surface area contributed by atoms with Crippen LogP contribution in [-0.4, -0.2) is 5.11 Å². The van der Waals surface area contributed by atoms with Crippen molar-refractivity contribution in [3.8, 4) is 11.5 Å². The number of benzene rings is 2. The van der Waals surface area contributed by atoms with Crippen LogP contribution in [0.25, 0.3) is 0 Å². The minimum Gasteiger partial charge on any atom is -0.457 e. The van der Waals surface area contributed by atoms with E-state index in [1.807, 2.05) is 0 Å². The Hall–Kier alpha value is -1.39. The van der Waals surface area contributed by atoms with E-state index in [-0.39, 0.29) is 12.4 Å². The second-order valence-corrected chi connectivity index (χ2v) is 4.33. The molecule has 0 aliphatic heterocycles. The highest BCUT2D eigenvalue weighted by Gasteiger charge is 2.02. The third-order valence-electron chi connectivity index (χ3n) is 2.23. The third-order valence-corrected chi connectivity index (χ3v) is 2.88. The molecule has 0 amide bonds. The quantitative estimate of drug-likeness (QED) is 0.931. The number of ether oxygens (including phenoxy) is 1. The zero-order valence-electron chi connectivity index (χ0n) is 8.86. The van der Waals surface area contributed by atoms with E-state index >= 15 is 0 Å². The molecule has 0 spiro atoms. The van der Waals surface area contributed by atoms with E-state index in [1.165, 1.54) is 6.07 Å². The van der Waals surface area contributed by atoms with Gasteiger partial charge in [-0.3, -0.25) is 0 Å². The van der Waals surface area contributed by atoms with Crippen LogP contribution in [0.15, 0.2) is 46.9 Å². The van der Waals surface area contributed by atoms with Gasteiger partial charge in [-0.05, 0) is 45.8 Å². The van der Waals surface area contributed by atoms with Crippen LogP contribution in [0.1, 0.15) is 5.56 Å². The molecule has 0 aliphatic carbocycles. The van der Waals surface area contributed by atoms with Crippen molar-refractivity contribution in [3.05, 3.63) is 58.3 Å². The van der Waals surface area contributed by atoms with E-state index in [0.717, 1.165) is 5.56 Å². The summed E-state index contributed by atoms with van der Waals surface area (Å²) < 4.78 is 19.1. The second-order valence-electron chi connectivity index (χ2n) is 3.48. The molecule has 1 N–H and O–H groups in total. The van der Waals surface area contributed by atoms with E-state index in [9.17, 15) is 4.39 Å². The Bertz CT molecular complexity index is 511. The first kappa shape index (κ1) is 12.1. The lowest BCUT2D eigenvalue weighted by Gasteiger charge is -2.06. The van der Waals surface area contributed by atoms with Crippen molar-refractivity contribution in [2.24, 2.45) is 0 Å². The lowest BCUT2D eigenvalue weighted by atomic mass is 10.2. The van der Waals surface area contributed by atoms with E-state index < -0.39 is 0 Å². The molecule has 0 saturated carbocycles. The van der Waals surface area contributed by atoms with Crippen LogP contribution in [-0.2, 0) is 6.61 Å². The van der Waals surface area contributed by atoms with Crippen molar-refractivity contribution in [2.75, 3.05) is 0 Å². The molecule has 0 aromatic heterocycles. The summed E-state index contributed by atoms with van der Waals surface area (Å²) in [5.74, 6) is 0.667. The molecule has 4 heteroatoms. The van der Waals surface area contributed by atoms with Gasteiger partial charge >= 0.3 is 0 Å². The number of hydrogen-bond acceptors (Lipinski definition) is 2. The Kier molecular flexibility index (Phi) is 3.76. The summed E-state index contributed by atoms with van der Waals surface area (Å²) in [6.07, 6.45) is 0. The van der Waals surface area contributed by atoms with Gasteiger partial charge in [0.05, 0.1) is 11.1 Å². The largest absolute Gasteiger partial charge is 0.457 e. The van der Waals surface area contributed by atoms with Gasteiger partial charge in [-0.15, -0.1) is 0 Å². The first-order chi connectivity index (χ1) is 8.19. The van der Waals surface area contributed by atoms with Gasteiger partial charge in [0, 0.05) is 6.07 Å². The number of hydrogen-bond donors (Lipinski definition) is 1. The van der Waals surface area contributed by atoms with Crippen LogP contribution >= 0.6 is 15.9 Å². The molecule has 0 radical (unpaired) electrons. The fraction of sp³-hybridized carbons (Fsp3) is 0.0769. The molecule has 2 nitrogen and oxygen atoms in total. The van der Waals surface area contributed by atoms with Gasteiger partial charge in [0.1, 0.15) is 17.3 Å². The molecule has 0 bridgehead atoms. The smallest absolute Gasteiger partial charge is 0.141 e. The topological polar surface area (TPSA) is 29.5 Å². The van der Waals surface area contributed by atoms with Crippen LogP contribution in [0.4, 0.5) is 4.39 Å². The lowest BCUT2D eigenvalue weighted by Crippen LogP contribution is -1.87. The molecule has 0 atom stereocenters. The number of halogens is 2. The van der Waals surface area contributed by atoms with Gasteiger partial charge in [-0.2, -0.15) is 0 Å². The van der Waals surface area contributed by atoms with Gasteiger partial charge < -0.3 is 9.84 Å². The lowest BCUT2D eigenvalue weighted by molar-refractivity contribution is 0.281. The molecule has 2 aromatic rings. The predicted molar refractivity (Wildman–Crippen MR) is 66.5 cm³/mol. The van der Waals surface area contributed by atoms with Crippen molar-refractivity contribution in [2.45, 2.75) is 6.61 Å². The molecular weight excluding hydrogens is 287 g/mol. The average molecular weight is 297 g/mol. The van der Waals surface area contributed by atoms with Gasteiger partial charge in [0.25, 0.3) is 0 Å². The van der Waals surface area contributed by atoms with Crippen LogP contribution < -0.4 is 4.74 Å². The average Bonchev–Trinajstić information content (AvgIpc) is 2.35. The maximum absolute atomic E-state index is 13.2. The summed E-state index contributed by atoms with van der Waals surface area (Å²) in [5.41, 5.74) is 0.805. The Morgan fingerprint density at radius 3 is 2.29 bits per heavy atom. The van der Waals surface area contributed by atoms with Crippen molar-refractivity contribution in [3.63, 3.8) is 0 Å². The first-order valence-electron chi connectivity index (χ1n) is 5.02. The standard InChI is InChI=1S/C13H10BrFO2/c14-12-6-5-11(7-13(12)15)17-10-3-1-9(8-16)2-4-10/h1-7,16H,8H2. The van der Waals surface area contributed by atoms with E-state index in [1.54, 1.807) is 36.4 Å². The van der Waals surface area contributed by atoms with E-state index in [0.29, 0.717) is 16.0 Å². The summed E-state index contributed by atoms with van der Waals surface area (Å²) in [6, 6.07) is 11.5. The van der Waals surface area contributed by atoms with Crippen LogP contribution in [0.2, 0.25) is 0 Å². The molecule has 0 heterocycles. The summed E-state index contributed by atoms with van der Waals surface area (Å²) in [4.78, 5) is 0. The second kappa shape index (κ2) is 5.29. The summed E-state index contributed by atoms with van der Waals surface area (Å²) in [7, 11) is 0. The van der Waals surface area contributed by atoms with Crippen molar-refractivity contribution < 1.29 is 14.2 Å². The SMILES string of the molecule is OCc1ccc(Oc2ccc(Br)c(F)c2)cc1. The van der Waals surface area contributed by atoms with Gasteiger partial charge in [-0.1, -0.05) is 12.1 Å². The fourth-order valence-electron chi connectivity index (χ4n) is 1.34. The fourth-order valence-corrected chi connectivity index (χ4v) is 1.59. The molecule has 0 aliphatic rings. The van der Waals surface area contributed by atoms with Crippen molar-refractivity contribution in [1.82, 2.24) is 0 Å². The maximum atomic E-state index is 13.2. The first-order valence-corrected chi connectivity index (χ1v) is 5.81. The normalized spacial score (nSPS) is 10.3. The molecule has 17 heavy (non-hydrogen) atoms. The summed E-state index contributed by atoms with van der Waals surface area (Å²) in [5, 5.41) is 8.89. The predicted octanol–water partition coefficient (Wildman–Crippen LogP) is 3.87. The molecule has 0 fully saturated rings. The Morgan fingerprint density at radius 2 is 1.71 bits per heavy atom. The highest BCUT2D eigenvalue weighted by molar-refractivity contribution is 9.10. The highest BCUT2D eigenvalue weighted by Crippen LogP contribution is 2.25. The number of rotatable bonds is 3. The molecular formula is C13H10BrFO2. The van der Waals surface area contributed by atoms with Crippen LogP contribution in [0.5, 0.6) is 11.5 Å². The third kappa shape index (κ3) is 3.05. The zero-order valence-corrected chi connectivity index (χ0v) is 10.4. The summed E-state index contributed by atoms with van der Waals surface area (Å²) in [6.45, 7) is -0.00675. The minimum atomic E-state index is -0.366. The molecule has 0 saturated heterocycles. The monoisotopic (exact) mass is 296 g/mol. The number of aliphatic hydroxyl groups excluding tert-OH is 1. The Labute approximate surface area is 107 Å². The number of aliphatic hydroxyl groups is 1. The highest BCUT2D eigenvalue weighted by atomic mass is 79.9. The van der Waals surface area contributed by atoms with Gasteiger partial charge in [-0.25, -0.2) is 4.39 Å². The van der Waals surface area contributed by atoms with Crippen LogP contribution in [0, 0.1) is 5.82 Å². The molecule has 2 rings (SSSR count). The molecule has 2 aromatic carbocycles. The minimum absolute atomic E-state index is 0.00675. The van der Waals surface area contributed by atoms with E-state index in [2.05, 4.69) is 15.9 Å². The van der Waals surface area contributed by atoms with Gasteiger partial charge in [0.15, 0.2) is 0 Å². The summed E-state index contributed by atoms with van der Waals surface area (Å²) >= 11 is 3.08. The van der Waals surface area contributed by atoms with Crippen LogP contribution in [0.3, 0.4) is 0 Å². The van der Waals surface area contributed by atoms with Gasteiger partial charge in [0.2, 0.25) is 0 Å². The maximum Gasteiger partial charge on any atom is 0.141 e. The van der Waals surface area contributed by atoms with E-state index in [4.69, 9.17) is 9.84 Å².